The smallest absolute Gasteiger partial charge is 0.329 e. The number of nitro benzene ring substituents is 1. The predicted molar refractivity (Wildman–Crippen MR) is 67.7 cm³/mol. The lowest BCUT2D eigenvalue weighted by molar-refractivity contribution is -0.384. The fourth-order valence-electron chi connectivity index (χ4n) is 1.71. The third kappa shape index (κ3) is 3.19. The van der Waals surface area contributed by atoms with Crippen molar-refractivity contribution in [1.82, 2.24) is 0 Å². The van der Waals surface area contributed by atoms with Crippen molar-refractivity contribution in [3.05, 3.63) is 34.4 Å². The molecular formula is C12H16N2O4. The second-order valence-electron chi connectivity index (χ2n) is 4.32. The average molecular weight is 252 g/mol. The van der Waals surface area contributed by atoms with Crippen molar-refractivity contribution in [1.29, 1.82) is 0 Å². The fourth-order valence-corrected chi connectivity index (χ4v) is 1.71. The highest BCUT2D eigenvalue weighted by Crippen LogP contribution is 2.22. The Morgan fingerprint density at radius 3 is 2.39 bits per heavy atom. The normalized spacial score (nSPS) is 13.7. The number of hydrogen-bond donors (Lipinski definition) is 2. The molecule has 0 spiro atoms. The Bertz CT molecular complexity index is 444. The Morgan fingerprint density at radius 2 is 2.00 bits per heavy atom. The van der Waals surface area contributed by atoms with Crippen LogP contribution in [0.15, 0.2) is 24.3 Å². The van der Waals surface area contributed by atoms with Gasteiger partial charge in [0.2, 0.25) is 0 Å². The predicted octanol–water partition coefficient (Wildman–Crippen LogP) is 2.65. The number of nitrogens with zero attached hydrogens (tertiary/aromatic N) is 1. The summed E-state index contributed by atoms with van der Waals surface area (Å²) in [7, 11) is 0. The first kappa shape index (κ1) is 14.0. The molecule has 0 fully saturated rings. The van der Waals surface area contributed by atoms with Crippen LogP contribution in [0.4, 0.5) is 11.4 Å². The maximum atomic E-state index is 11.2. The molecule has 0 saturated heterocycles. The van der Waals surface area contributed by atoms with Crippen LogP contribution in [0.5, 0.6) is 0 Å². The Hall–Kier alpha value is -2.11. The van der Waals surface area contributed by atoms with Crippen LogP contribution in [-0.4, -0.2) is 21.5 Å². The quantitative estimate of drug-likeness (QED) is 0.599. The first-order valence-electron chi connectivity index (χ1n) is 5.65. The number of carbonyl (C=O) groups is 1. The summed E-state index contributed by atoms with van der Waals surface area (Å²) in [6.07, 6.45) is 1.20. The summed E-state index contributed by atoms with van der Waals surface area (Å²) in [5, 5.41) is 22.6. The summed E-state index contributed by atoms with van der Waals surface area (Å²) in [6.45, 7) is 3.50. The molecule has 0 amide bonds. The van der Waals surface area contributed by atoms with Crippen molar-refractivity contribution in [2.45, 2.75) is 32.2 Å². The molecule has 6 nitrogen and oxygen atoms in total. The number of carboxylic acid groups (broad SMARTS) is 1. The number of anilines is 1. The first-order valence-corrected chi connectivity index (χ1v) is 5.65. The molecule has 0 aliphatic rings. The van der Waals surface area contributed by atoms with E-state index in [1.807, 2.05) is 6.92 Å². The van der Waals surface area contributed by atoms with Gasteiger partial charge in [-0.25, -0.2) is 4.79 Å². The molecular weight excluding hydrogens is 236 g/mol. The van der Waals surface area contributed by atoms with E-state index in [0.717, 1.165) is 6.42 Å². The molecule has 0 heterocycles. The highest BCUT2D eigenvalue weighted by molar-refractivity contribution is 5.82. The van der Waals surface area contributed by atoms with Gasteiger partial charge in [0.05, 0.1) is 4.92 Å². The second-order valence-corrected chi connectivity index (χ2v) is 4.32. The Labute approximate surface area is 105 Å². The van der Waals surface area contributed by atoms with E-state index in [1.165, 1.54) is 24.3 Å². The number of nitro groups is 1. The average Bonchev–Trinajstić information content (AvgIpc) is 2.29. The summed E-state index contributed by atoms with van der Waals surface area (Å²) in [5.74, 6) is -0.942. The second kappa shape index (κ2) is 5.48. The minimum absolute atomic E-state index is 0.0203. The third-order valence-corrected chi connectivity index (χ3v) is 2.72. The van der Waals surface area contributed by atoms with Crippen molar-refractivity contribution < 1.29 is 14.8 Å². The first-order chi connectivity index (χ1) is 8.39. The SMILES string of the molecule is CCCC(C)(Nc1ccc([N+](=O)[O-])cc1)C(=O)O. The van der Waals surface area contributed by atoms with Gasteiger partial charge < -0.3 is 10.4 Å². The van der Waals surface area contributed by atoms with Gasteiger partial charge in [0.1, 0.15) is 5.54 Å². The molecule has 0 aromatic heterocycles. The molecule has 1 rings (SSSR count). The van der Waals surface area contributed by atoms with Crippen LogP contribution in [0, 0.1) is 10.1 Å². The van der Waals surface area contributed by atoms with E-state index in [0.29, 0.717) is 12.1 Å². The highest BCUT2D eigenvalue weighted by atomic mass is 16.6. The molecule has 0 radical (unpaired) electrons. The maximum Gasteiger partial charge on any atom is 0.329 e. The van der Waals surface area contributed by atoms with E-state index in [9.17, 15) is 20.0 Å². The summed E-state index contributed by atoms with van der Waals surface area (Å²) >= 11 is 0. The minimum Gasteiger partial charge on any atom is -0.480 e. The lowest BCUT2D eigenvalue weighted by Crippen LogP contribution is -2.43. The van der Waals surface area contributed by atoms with E-state index < -0.39 is 16.4 Å². The molecule has 2 N–H and O–H groups in total. The molecule has 98 valence electrons. The van der Waals surface area contributed by atoms with Crippen LogP contribution in [-0.2, 0) is 4.79 Å². The summed E-state index contributed by atoms with van der Waals surface area (Å²) in [4.78, 5) is 21.2. The van der Waals surface area contributed by atoms with E-state index in [2.05, 4.69) is 5.32 Å². The van der Waals surface area contributed by atoms with Crippen LogP contribution in [0.3, 0.4) is 0 Å². The Morgan fingerprint density at radius 1 is 1.44 bits per heavy atom. The molecule has 1 aromatic rings. The molecule has 1 atom stereocenters. The van der Waals surface area contributed by atoms with Gasteiger partial charge in [0, 0.05) is 17.8 Å². The number of non-ortho nitro benzene ring substituents is 1. The van der Waals surface area contributed by atoms with Crippen molar-refractivity contribution in [3.8, 4) is 0 Å². The van der Waals surface area contributed by atoms with Gasteiger partial charge in [-0.2, -0.15) is 0 Å². The summed E-state index contributed by atoms with van der Waals surface area (Å²) < 4.78 is 0. The monoisotopic (exact) mass is 252 g/mol. The van der Waals surface area contributed by atoms with Crippen LogP contribution >= 0.6 is 0 Å². The fraction of sp³-hybridized carbons (Fsp3) is 0.417. The van der Waals surface area contributed by atoms with Gasteiger partial charge >= 0.3 is 5.97 Å². The molecule has 1 aromatic carbocycles. The number of rotatable bonds is 6. The van der Waals surface area contributed by atoms with Gasteiger partial charge in [-0.15, -0.1) is 0 Å². The number of nitrogens with one attached hydrogen (secondary N) is 1. The molecule has 0 bridgehead atoms. The lowest BCUT2D eigenvalue weighted by Gasteiger charge is -2.26. The summed E-state index contributed by atoms with van der Waals surface area (Å²) in [5.41, 5.74) is -0.530. The minimum atomic E-state index is -1.06. The molecule has 1 unspecified atom stereocenters. The topological polar surface area (TPSA) is 92.5 Å². The van der Waals surface area contributed by atoms with E-state index in [-0.39, 0.29) is 5.69 Å². The standard InChI is InChI=1S/C12H16N2O4/c1-3-8-12(2,11(15)16)13-9-4-6-10(7-5-9)14(17)18/h4-7,13H,3,8H2,1-2H3,(H,15,16). The van der Waals surface area contributed by atoms with Gasteiger partial charge in [-0.3, -0.25) is 10.1 Å². The van der Waals surface area contributed by atoms with Gasteiger partial charge in [-0.1, -0.05) is 13.3 Å². The summed E-state index contributed by atoms with van der Waals surface area (Å²) in [6, 6.07) is 5.71. The molecule has 18 heavy (non-hydrogen) atoms. The van der Waals surface area contributed by atoms with E-state index >= 15 is 0 Å². The Kier molecular flexibility index (Phi) is 4.25. The van der Waals surface area contributed by atoms with Crippen LogP contribution in [0.2, 0.25) is 0 Å². The van der Waals surface area contributed by atoms with E-state index in [4.69, 9.17) is 0 Å². The zero-order chi connectivity index (χ0) is 13.8. The van der Waals surface area contributed by atoms with Crippen molar-refractivity contribution in [3.63, 3.8) is 0 Å². The highest BCUT2D eigenvalue weighted by Gasteiger charge is 2.31. The van der Waals surface area contributed by atoms with Gasteiger partial charge in [-0.05, 0) is 25.5 Å². The third-order valence-electron chi connectivity index (χ3n) is 2.72. The van der Waals surface area contributed by atoms with Gasteiger partial charge in [0.25, 0.3) is 5.69 Å². The van der Waals surface area contributed by atoms with Crippen molar-refractivity contribution >= 4 is 17.3 Å². The van der Waals surface area contributed by atoms with Crippen LogP contribution in [0.1, 0.15) is 26.7 Å². The maximum absolute atomic E-state index is 11.2. The molecule has 0 saturated carbocycles. The van der Waals surface area contributed by atoms with Crippen LogP contribution < -0.4 is 5.32 Å². The molecule has 0 aliphatic heterocycles. The number of hydrogen-bond acceptors (Lipinski definition) is 4. The number of carboxylic acids is 1. The van der Waals surface area contributed by atoms with E-state index in [1.54, 1.807) is 6.92 Å². The van der Waals surface area contributed by atoms with Gasteiger partial charge in [0.15, 0.2) is 0 Å². The zero-order valence-corrected chi connectivity index (χ0v) is 10.3. The van der Waals surface area contributed by atoms with Crippen molar-refractivity contribution in [2.24, 2.45) is 0 Å². The van der Waals surface area contributed by atoms with Crippen LogP contribution in [0.25, 0.3) is 0 Å². The zero-order valence-electron chi connectivity index (χ0n) is 10.3. The van der Waals surface area contributed by atoms with Crippen molar-refractivity contribution in [2.75, 3.05) is 5.32 Å². The molecule has 0 aliphatic carbocycles. The lowest BCUT2D eigenvalue weighted by atomic mass is 9.96. The largest absolute Gasteiger partial charge is 0.480 e. The molecule has 6 heteroatoms. The number of benzene rings is 1. The Balaban J connectivity index is 2.88. The number of aliphatic carboxylic acids is 1.